The first kappa shape index (κ1) is 15.5. The van der Waals surface area contributed by atoms with Crippen LogP contribution in [0.15, 0.2) is 18.2 Å². The third kappa shape index (κ3) is 3.22. The molecule has 0 saturated carbocycles. The van der Waals surface area contributed by atoms with Crippen molar-refractivity contribution in [1.82, 2.24) is 4.90 Å². The monoisotopic (exact) mass is 290 g/mol. The van der Waals surface area contributed by atoms with E-state index in [0.717, 1.165) is 12.8 Å². The first-order chi connectivity index (χ1) is 9.85. The molecule has 1 heterocycles. The number of carboxylic acid groups (broad SMARTS) is 1. The average molecular weight is 290 g/mol. The van der Waals surface area contributed by atoms with Crippen LogP contribution in [0.1, 0.15) is 37.8 Å². The number of benzene rings is 1. The number of likely N-dealkylation sites (tertiary alicyclic amines) is 1. The molecule has 1 atom stereocenters. The molecule has 4 nitrogen and oxygen atoms in total. The Morgan fingerprint density at radius 3 is 2.90 bits per heavy atom. The Morgan fingerprint density at radius 2 is 2.29 bits per heavy atom. The van der Waals surface area contributed by atoms with Crippen molar-refractivity contribution in [2.75, 3.05) is 6.54 Å². The number of hydrogen-bond acceptors (Lipinski definition) is 3. The standard InChI is InChI=1S/C16H19FN2O2/c1-16(2)6-3-7-19(14(16)15(20)21)10-12-8-13(17)5-4-11(12)9-18/h4-5,8,14H,3,6-7,10H2,1-2H3,(H,20,21). The van der Waals surface area contributed by atoms with Gasteiger partial charge in [-0.3, -0.25) is 9.69 Å². The highest BCUT2D eigenvalue weighted by Crippen LogP contribution is 2.36. The van der Waals surface area contributed by atoms with Gasteiger partial charge in [-0.2, -0.15) is 5.26 Å². The molecule has 5 heteroatoms. The first-order valence-corrected chi connectivity index (χ1v) is 7.00. The molecule has 1 unspecified atom stereocenters. The highest BCUT2D eigenvalue weighted by molar-refractivity contribution is 5.74. The summed E-state index contributed by atoms with van der Waals surface area (Å²) in [6, 6.07) is 5.42. The second-order valence-corrected chi connectivity index (χ2v) is 6.22. The third-order valence-electron chi connectivity index (χ3n) is 4.17. The van der Waals surface area contributed by atoms with E-state index in [4.69, 9.17) is 5.26 Å². The van der Waals surface area contributed by atoms with Gasteiger partial charge in [0.15, 0.2) is 0 Å². The molecule has 1 aromatic rings. The number of hydrogen-bond donors (Lipinski definition) is 1. The largest absolute Gasteiger partial charge is 0.480 e. The Morgan fingerprint density at radius 1 is 1.57 bits per heavy atom. The summed E-state index contributed by atoms with van der Waals surface area (Å²) in [7, 11) is 0. The van der Waals surface area contributed by atoms with Gasteiger partial charge in [-0.1, -0.05) is 13.8 Å². The van der Waals surface area contributed by atoms with E-state index in [0.29, 0.717) is 17.7 Å². The number of nitrogens with zero attached hydrogens (tertiary/aromatic N) is 2. The average Bonchev–Trinajstić information content (AvgIpc) is 2.37. The molecule has 0 aromatic heterocycles. The molecule has 1 aliphatic heterocycles. The van der Waals surface area contributed by atoms with E-state index in [1.54, 1.807) is 0 Å². The smallest absolute Gasteiger partial charge is 0.321 e. The van der Waals surface area contributed by atoms with Gasteiger partial charge in [0.2, 0.25) is 0 Å². The maximum Gasteiger partial charge on any atom is 0.321 e. The quantitative estimate of drug-likeness (QED) is 0.929. The van der Waals surface area contributed by atoms with E-state index < -0.39 is 17.8 Å². The topological polar surface area (TPSA) is 64.3 Å². The highest BCUT2D eigenvalue weighted by Gasteiger charge is 2.42. The number of carbonyl (C=O) groups is 1. The highest BCUT2D eigenvalue weighted by atomic mass is 19.1. The molecule has 21 heavy (non-hydrogen) atoms. The predicted molar refractivity (Wildman–Crippen MR) is 76.0 cm³/mol. The Hall–Kier alpha value is -1.93. The van der Waals surface area contributed by atoms with Crippen molar-refractivity contribution in [3.05, 3.63) is 35.1 Å². The molecule has 0 bridgehead atoms. The zero-order chi connectivity index (χ0) is 15.6. The van der Waals surface area contributed by atoms with E-state index in [-0.39, 0.29) is 12.0 Å². The summed E-state index contributed by atoms with van der Waals surface area (Å²) in [5.74, 6) is -1.28. The van der Waals surface area contributed by atoms with Gasteiger partial charge in [-0.05, 0) is 48.6 Å². The van der Waals surface area contributed by atoms with Gasteiger partial charge in [0, 0.05) is 6.54 Å². The lowest BCUT2D eigenvalue weighted by molar-refractivity contribution is -0.151. The fraction of sp³-hybridized carbons (Fsp3) is 0.500. The third-order valence-corrected chi connectivity index (χ3v) is 4.17. The minimum atomic E-state index is -0.866. The minimum absolute atomic E-state index is 0.279. The van der Waals surface area contributed by atoms with Gasteiger partial charge in [-0.25, -0.2) is 4.39 Å². The SMILES string of the molecule is CC1(C)CCCN(Cc2cc(F)ccc2C#N)C1C(=O)O. The molecule has 1 fully saturated rings. The molecular formula is C16H19FN2O2. The van der Waals surface area contributed by atoms with Crippen molar-refractivity contribution in [1.29, 1.82) is 5.26 Å². The maximum atomic E-state index is 13.4. The van der Waals surface area contributed by atoms with Gasteiger partial charge in [-0.15, -0.1) is 0 Å². The van der Waals surface area contributed by atoms with Crippen LogP contribution in [0.4, 0.5) is 4.39 Å². The fourth-order valence-electron chi connectivity index (χ4n) is 3.18. The minimum Gasteiger partial charge on any atom is -0.480 e. The summed E-state index contributed by atoms with van der Waals surface area (Å²) in [5, 5.41) is 18.6. The molecule has 112 valence electrons. The van der Waals surface area contributed by atoms with Crippen LogP contribution in [-0.2, 0) is 11.3 Å². The van der Waals surface area contributed by atoms with E-state index in [9.17, 15) is 14.3 Å². The van der Waals surface area contributed by atoms with Crippen molar-refractivity contribution in [2.24, 2.45) is 5.41 Å². The Labute approximate surface area is 123 Å². The lowest BCUT2D eigenvalue weighted by Crippen LogP contribution is -2.53. The van der Waals surface area contributed by atoms with Crippen LogP contribution in [0.3, 0.4) is 0 Å². The second-order valence-electron chi connectivity index (χ2n) is 6.22. The molecule has 2 rings (SSSR count). The number of piperidine rings is 1. The fourth-order valence-corrected chi connectivity index (χ4v) is 3.18. The lowest BCUT2D eigenvalue weighted by Gasteiger charge is -2.44. The molecule has 0 spiro atoms. The van der Waals surface area contributed by atoms with Gasteiger partial charge in [0.05, 0.1) is 11.6 Å². The molecule has 1 N–H and O–H groups in total. The lowest BCUT2D eigenvalue weighted by atomic mass is 9.76. The molecule has 0 aliphatic carbocycles. The molecule has 0 radical (unpaired) electrons. The Kier molecular flexibility index (Phi) is 4.29. The van der Waals surface area contributed by atoms with Crippen molar-refractivity contribution in [2.45, 2.75) is 39.3 Å². The van der Waals surface area contributed by atoms with E-state index in [2.05, 4.69) is 0 Å². The van der Waals surface area contributed by atoms with Gasteiger partial charge in [0.1, 0.15) is 11.9 Å². The number of nitriles is 1. The van der Waals surface area contributed by atoms with Crippen LogP contribution < -0.4 is 0 Å². The number of halogens is 1. The van der Waals surface area contributed by atoms with Crippen LogP contribution in [0, 0.1) is 22.6 Å². The Bertz CT molecular complexity index is 592. The summed E-state index contributed by atoms with van der Waals surface area (Å²) in [5.41, 5.74) is 0.592. The number of aliphatic carboxylic acids is 1. The van der Waals surface area contributed by atoms with Crippen LogP contribution >= 0.6 is 0 Å². The molecular weight excluding hydrogens is 271 g/mol. The Balaban J connectivity index is 2.31. The zero-order valence-corrected chi connectivity index (χ0v) is 12.3. The summed E-state index contributed by atoms with van der Waals surface area (Å²) >= 11 is 0. The summed E-state index contributed by atoms with van der Waals surface area (Å²) < 4.78 is 13.4. The van der Waals surface area contributed by atoms with Crippen molar-refractivity contribution in [3.8, 4) is 6.07 Å². The summed E-state index contributed by atoms with van der Waals surface area (Å²) in [6.07, 6.45) is 1.74. The van der Waals surface area contributed by atoms with Crippen LogP contribution in [-0.4, -0.2) is 28.6 Å². The van der Waals surface area contributed by atoms with Crippen LogP contribution in [0.5, 0.6) is 0 Å². The van der Waals surface area contributed by atoms with E-state index >= 15 is 0 Å². The molecule has 1 aromatic carbocycles. The molecule has 1 aliphatic rings. The maximum absolute atomic E-state index is 13.4. The van der Waals surface area contributed by atoms with E-state index in [1.165, 1.54) is 18.2 Å². The second kappa shape index (κ2) is 5.82. The predicted octanol–water partition coefficient (Wildman–Crippen LogP) is 2.77. The molecule has 0 amide bonds. The molecule has 1 saturated heterocycles. The van der Waals surface area contributed by atoms with E-state index in [1.807, 2.05) is 24.8 Å². The number of carboxylic acids is 1. The zero-order valence-electron chi connectivity index (χ0n) is 12.3. The summed E-state index contributed by atoms with van der Waals surface area (Å²) in [4.78, 5) is 13.4. The van der Waals surface area contributed by atoms with Crippen molar-refractivity contribution >= 4 is 5.97 Å². The van der Waals surface area contributed by atoms with Gasteiger partial charge < -0.3 is 5.11 Å². The van der Waals surface area contributed by atoms with Crippen molar-refractivity contribution < 1.29 is 14.3 Å². The van der Waals surface area contributed by atoms with Crippen LogP contribution in [0.25, 0.3) is 0 Å². The first-order valence-electron chi connectivity index (χ1n) is 7.00. The van der Waals surface area contributed by atoms with Gasteiger partial charge in [0.25, 0.3) is 0 Å². The van der Waals surface area contributed by atoms with Crippen molar-refractivity contribution in [3.63, 3.8) is 0 Å². The summed E-state index contributed by atoms with van der Waals surface area (Å²) in [6.45, 7) is 4.80. The van der Waals surface area contributed by atoms with Crippen LogP contribution in [0.2, 0.25) is 0 Å². The van der Waals surface area contributed by atoms with Gasteiger partial charge >= 0.3 is 5.97 Å². The normalized spacial score (nSPS) is 21.7. The number of rotatable bonds is 3.